The van der Waals surface area contributed by atoms with Crippen molar-refractivity contribution < 1.29 is 14.7 Å². The summed E-state index contributed by atoms with van der Waals surface area (Å²) in [7, 11) is 0. The molecule has 2 amide bonds. The summed E-state index contributed by atoms with van der Waals surface area (Å²) in [6.45, 7) is 6.84. The molecule has 2 heterocycles. The maximum absolute atomic E-state index is 12.6. The van der Waals surface area contributed by atoms with Gasteiger partial charge in [0.25, 0.3) is 11.8 Å². The van der Waals surface area contributed by atoms with Crippen LogP contribution >= 0.6 is 22.7 Å². The third-order valence-corrected chi connectivity index (χ3v) is 8.02. The van der Waals surface area contributed by atoms with Gasteiger partial charge in [0.15, 0.2) is 0 Å². The molecule has 172 valence electrons. The largest absolute Gasteiger partial charge is 0.506 e. The maximum Gasteiger partial charge on any atom is 0.281 e. The second-order valence-electron chi connectivity index (χ2n) is 7.94. The average Bonchev–Trinajstić information content (AvgIpc) is 3.57. The molecule has 0 atom stereocenters. The first-order valence-electron chi connectivity index (χ1n) is 11.1. The zero-order valence-electron chi connectivity index (χ0n) is 19.0. The monoisotopic (exact) mass is 481 g/mol. The average molecular weight is 482 g/mol. The number of rotatable bonds is 7. The van der Waals surface area contributed by atoms with Gasteiger partial charge >= 0.3 is 0 Å². The van der Waals surface area contributed by atoms with E-state index in [1.807, 2.05) is 19.2 Å². The molecular formula is C25H27N3O3S2. The van der Waals surface area contributed by atoms with Crippen molar-refractivity contribution in [1.82, 2.24) is 10.3 Å². The normalized spacial score (nSPS) is 13.1. The van der Waals surface area contributed by atoms with E-state index in [2.05, 4.69) is 28.7 Å². The summed E-state index contributed by atoms with van der Waals surface area (Å²) in [6, 6.07) is 9.68. The van der Waals surface area contributed by atoms with E-state index in [0.717, 1.165) is 34.6 Å². The van der Waals surface area contributed by atoms with E-state index in [4.69, 9.17) is 0 Å². The number of carbonyl (C=O) groups is 2. The van der Waals surface area contributed by atoms with Crippen LogP contribution in [0, 0.1) is 0 Å². The van der Waals surface area contributed by atoms with Crippen molar-refractivity contribution in [2.24, 2.45) is 5.10 Å². The van der Waals surface area contributed by atoms with E-state index < -0.39 is 0 Å². The Morgan fingerprint density at radius 2 is 1.82 bits per heavy atom. The van der Waals surface area contributed by atoms with Crippen molar-refractivity contribution in [3.05, 3.63) is 62.2 Å². The van der Waals surface area contributed by atoms with Crippen LogP contribution < -0.4 is 5.43 Å². The molecule has 0 radical (unpaired) electrons. The minimum atomic E-state index is -0.383. The van der Waals surface area contributed by atoms with Gasteiger partial charge in [-0.1, -0.05) is 12.1 Å². The molecule has 1 aliphatic rings. The lowest BCUT2D eigenvalue weighted by atomic mass is 10.0. The standard InChI is InChI=1S/C25H27N3O3S2/c1-4-28(5-2)25(31)21-12-11-20(33-21)24(30)27-26-15(3)19-14-32-23(22(19)29)18-10-9-16-7-6-8-17(16)13-18/h9-14,29H,4-8H2,1-3H3,(H,27,30)/b26-15+. The second-order valence-corrected chi connectivity index (χ2v) is 9.91. The number of carbonyl (C=O) groups excluding carboxylic acids is 2. The van der Waals surface area contributed by atoms with Gasteiger partial charge in [0.1, 0.15) is 5.75 Å². The van der Waals surface area contributed by atoms with Gasteiger partial charge in [-0.25, -0.2) is 5.43 Å². The van der Waals surface area contributed by atoms with Gasteiger partial charge in [0.05, 0.1) is 25.9 Å². The van der Waals surface area contributed by atoms with Crippen LogP contribution in [-0.4, -0.2) is 40.6 Å². The van der Waals surface area contributed by atoms with Crippen molar-refractivity contribution in [2.45, 2.75) is 40.0 Å². The Bertz CT molecular complexity index is 1220. The highest BCUT2D eigenvalue weighted by Gasteiger charge is 2.19. The number of aryl methyl sites for hydroxylation is 2. The van der Waals surface area contributed by atoms with Gasteiger partial charge in [-0.2, -0.15) is 5.10 Å². The molecule has 1 aliphatic carbocycles. The minimum Gasteiger partial charge on any atom is -0.506 e. The summed E-state index contributed by atoms with van der Waals surface area (Å²) in [5.74, 6) is -0.283. The number of nitrogens with one attached hydrogen (secondary N) is 1. The number of benzene rings is 1. The van der Waals surface area contributed by atoms with E-state index in [1.165, 1.54) is 28.9 Å². The number of amides is 2. The molecule has 33 heavy (non-hydrogen) atoms. The zero-order chi connectivity index (χ0) is 23.5. The third kappa shape index (κ3) is 4.72. The lowest BCUT2D eigenvalue weighted by Gasteiger charge is -2.17. The Morgan fingerprint density at radius 3 is 2.58 bits per heavy atom. The van der Waals surface area contributed by atoms with Gasteiger partial charge in [0.2, 0.25) is 0 Å². The van der Waals surface area contributed by atoms with E-state index in [1.54, 1.807) is 24.0 Å². The smallest absolute Gasteiger partial charge is 0.281 e. The van der Waals surface area contributed by atoms with Crippen LogP contribution in [0.15, 0.2) is 40.8 Å². The predicted molar refractivity (Wildman–Crippen MR) is 135 cm³/mol. The Morgan fingerprint density at radius 1 is 1.09 bits per heavy atom. The molecule has 0 unspecified atom stereocenters. The van der Waals surface area contributed by atoms with Crippen molar-refractivity contribution in [3.8, 4) is 16.2 Å². The summed E-state index contributed by atoms with van der Waals surface area (Å²) in [5.41, 5.74) is 7.41. The number of nitrogens with zero attached hydrogens (tertiary/aromatic N) is 2. The van der Waals surface area contributed by atoms with Gasteiger partial charge in [-0.3, -0.25) is 9.59 Å². The van der Waals surface area contributed by atoms with E-state index in [0.29, 0.717) is 34.1 Å². The van der Waals surface area contributed by atoms with Gasteiger partial charge < -0.3 is 10.0 Å². The topological polar surface area (TPSA) is 82.0 Å². The van der Waals surface area contributed by atoms with Crippen LogP contribution in [0.25, 0.3) is 10.4 Å². The summed E-state index contributed by atoms with van der Waals surface area (Å²) >= 11 is 2.61. The quantitative estimate of drug-likeness (QED) is 0.355. The van der Waals surface area contributed by atoms with Crippen LogP contribution in [0.4, 0.5) is 0 Å². The van der Waals surface area contributed by atoms with Crippen molar-refractivity contribution in [3.63, 3.8) is 0 Å². The molecule has 0 saturated carbocycles. The fourth-order valence-electron chi connectivity index (χ4n) is 4.02. The molecule has 0 spiro atoms. The Kier molecular flexibility index (Phi) is 6.95. The molecule has 0 fully saturated rings. The Balaban J connectivity index is 1.47. The Hall–Kier alpha value is -2.97. The summed E-state index contributed by atoms with van der Waals surface area (Å²) in [5, 5.41) is 16.9. The summed E-state index contributed by atoms with van der Waals surface area (Å²) < 4.78 is 0. The number of thiophene rings is 2. The molecule has 3 aromatic rings. The number of hydrogen-bond acceptors (Lipinski definition) is 6. The fraction of sp³-hybridized carbons (Fsp3) is 0.320. The van der Waals surface area contributed by atoms with E-state index in [-0.39, 0.29) is 17.6 Å². The number of aromatic hydroxyl groups is 1. The molecule has 6 nitrogen and oxygen atoms in total. The maximum atomic E-state index is 12.6. The van der Waals surface area contributed by atoms with E-state index in [9.17, 15) is 14.7 Å². The first-order valence-corrected chi connectivity index (χ1v) is 12.8. The summed E-state index contributed by atoms with van der Waals surface area (Å²) in [4.78, 5) is 28.5. The molecule has 0 aliphatic heterocycles. The number of fused-ring (bicyclic) bond motifs is 1. The summed E-state index contributed by atoms with van der Waals surface area (Å²) in [6.07, 6.45) is 3.39. The minimum absolute atomic E-state index is 0.0778. The zero-order valence-corrected chi connectivity index (χ0v) is 20.6. The highest BCUT2D eigenvalue weighted by Crippen LogP contribution is 2.40. The second kappa shape index (κ2) is 9.89. The van der Waals surface area contributed by atoms with Crippen molar-refractivity contribution in [2.75, 3.05) is 13.1 Å². The van der Waals surface area contributed by atoms with E-state index >= 15 is 0 Å². The number of hydrogen-bond donors (Lipinski definition) is 2. The lowest BCUT2D eigenvalue weighted by molar-refractivity contribution is 0.0777. The SMILES string of the molecule is CCN(CC)C(=O)c1ccc(C(=O)N/N=C(\C)c2csc(-c3ccc4c(c3)CCC4)c2O)s1. The highest BCUT2D eigenvalue weighted by molar-refractivity contribution is 7.16. The van der Waals surface area contributed by atoms with Crippen LogP contribution in [0.5, 0.6) is 5.75 Å². The van der Waals surface area contributed by atoms with Gasteiger partial charge in [-0.05, 0) is 74.9 Å². The molecule has 8 heteroatoms. The van der Waals surface area contributed by atoms with Crippen LogP contribution in [0.3, 0.4) is 0 Å². The molecule has 2 aromatic heterocycles. The van der Waals surface area contributed by atoms with Crippen molar-refractivity contribution in [1.29, 1.82) is 0 Å². The van der Waals surface area contributed by atoms with Crippen molar-refractivity contribution >= 4 is 40.2 Å². The molecule has 0 saturated heterocycles. The van der Waals surface area contributed by atoms with Crippen LogP contribution in [-0.2, 0) is 12.8 Å². The highest BCUT2D eigenvalue weighted by atomic mass is 32.1. The molecule has 1 aromatic carbocycles. The fourth-order valence-corrected chi connectivity index (χ4v) is 5.88. The van der Waals surface area contributed by atoms with Crippen LogP contribution in [0.1, 0.15) is 63.2 Å². The van der Waals surface area contributed by atoms with Gasteiger partial charge in [-0.15, -0.1) is 22.7 Å². The predicted octanol–water partition coefficient (Wildman–Crippen LogP) is 5.31. The van der Waals surface area contributed by atoms with Gasteiger partial charge in [0, 0.05) is 18.5 Å². The molecule has 0 bridgehead atoms. The number of hydrazone groups is 1. The first kappa shape index (κ1) is 23.2. The lowest BCUT2D eigenvalue weighted by Crippen LogP contribution is -2.29. The molecular weight excluding hydrogens is 454 g/mol. The van der Waals surface area contributed by atoms with Crippen LogP contribution in [0.2, 0.25) is 0 Å². The molecule has 4 rings (SSSR count). The third-order valence-electron chi connectivity index (χ3n) is 5.93. The first-order chi connectivity index (χ1) is 15.9. The Labute approximate surface area is 201 Å². The molecule has 2 N–H and O–H groups in total.